The van der Waals surface area contributed by atoms with Gasteiger partial charge in [-0.2, -0.15) is 5.10 Å². The van der Waals surface area contributed by atoms with Gasteiger partial charge in [0.15, 0.2) is 0 Å². The van der Waals surface area contributed by atoms with Crippen LogP contribution in [0.5, 0.6) is 5.75 Å². The predicted molar refractivity (Wildman–Crippen MR) is 84.7 cm³/mol. The monoisotopic (exact) mass is 301 g/mol. The van der Waals surface area contributed by atoms with Crippen molar-refractivity contribution in [1.82, 2.24) is 14.7 Å². The van der Waals surface area contributed by atoms with Crippen LogP contribution in [0.3, 0.4) is 0 Å². The SMILES string of the molecule is Cc1cccc(OCC2(O)CCN(Cc3cnn(C)c3)C2)c1. The van der Waals surface area contributed by atoms with Crippen molar-refractivity contribution in [3.05, 3.63) is 47.8 Å². The summed E-state index contributed by atoms with van der Waals surface area (Å²) in [6.45, 7) is 4.70. The maximum Gasteiger partial charge on any atom is 0.119 e. The molecule has 1 aromatic heterocycles. The summed E-state index contributed by atoms with van der Waals surface area (Å²) < 4.78 is 7.59. The van der Waals surface area contributed by atoms with E-state index in [2.05, 4.69) is 10.00 Å². The third-order valence-corrected chi connectivity index (χ3v) is 4.07. The molecular formula is C17H23N3O2. The molecule has 2 heterocycles. The van der Waals surface area contributed by atoms with Crippen molar-refractivity contribution < 1.29 is 9.84 Å². The van der Waals surface area contributed by atoms with E-state index in [-0.39, 0.29) is 0 Å². The molecule has 1 atom stereocenters. The van der Waals surface area contributed by atoms with Crippen molar-refractivity contribution in [3.8, 4) is 5.75 Å². The lowest BCUT2D eigenvalue weighted by atomic mass is 10.1. The van der Waals surface area contributed by atoms with Gasteiger partial charge < -0.3 is 9.84 Å². The molecule has 2 aromatic rings. The summed E-state index contributed by atoms with van der Waals surface area (Å²) in [4.78, 5) is 2.25. The summed E-state index contributed by atoms with van der Waals surface area (Å²) in [5.41, 5.74) is 1.56. The van der Waals surface area contributed by atoms with E-state index in [4.69, 9.17) is 4.74 Å². The van der Waals surface area contributed by atoms with Crippen LogP contribution in [-0.4, -0.2) is 45.1 Å². The Hall–Kier alpha value is -1.85. The summed E-state index contributed by atoms with van der Waals surface area (Å²) in [6, 6.07) is 7.93. The second-order valence-corrected chi connectivity index (χ2v) is 6.31. The minimum absolute atomic E-state index is 0.333. The fraction of sp³-hybridized carbons (Fsp3) is 0.471. The predicted octanol–water partition coefficient (Wildman–Crippen LogP) is 1.74. The quantitative estimate of drug-likeness (QED) is 0.914. The number of hydrogen-bond acceptors (Lipinski definition) is 4. The third-order valence-electron chi connectivity index (χ3n) is 4.07. The van der Waals surface area contributed by atoms with Gasteiger partial charge in [0.25, 0.3) is 0 Å². The number of ether oxygens (including phenoxy) is 1. The Bertz CT molecular complexity index is 640. The van der Waals surface area contributed by atoms with E-state index in [9.17, 15) is 5.11 Å². The molecule has 0 saturated carbocycles. The highest BCUT2D eigenvalue weighted by molar-refractivity contribution is 5.27. The molecule has 0 bridgehead atoms. The standard InChI is InChI=1S/C17H23N3O2/c1-14-4-3-5-16(8-14)22-13-17(21)6-7-20(12-17)11-15-9-18-19(2)10-15/h3-5,8-10,21H,6-7,11-13H2,1-2H3. The van der Waals surface area contributed by atoms with E-state index in [1.807, 2.05) is 50.6 Å². The van der Waals surface area contributed by atoms with E-state index >= 15 is 0 Å². The highest BCUT2D eigenvalue weighted by atomic mass is 16.5. The molecule has 5 nitrogen and oxygen atoms in total. The Labute approximate surface area is 131 Å². The Kier molecular flexibility index (Phi) is 4.18. The van der Waals surface area contributed by atoms with Crippen LogP contribution >= 0.6 is 0 Å². The van der Waals surface area contributed by atoms with Gasteiger partial charge in [-0.05, 0) is 31.0 Å². The zero-order valence-corrected chi connectivity index (χ0v) is 13.2. The van der Waals surface area contributed by atoms with Gasteiger partial charge in [0, 0.05) is 38.4 Å². The molecule has 1 unspecified atom stereocenters. The van der Waals surface area contributed by atoms with Crippen molar-refractivity contribution in [3.63, 3.8) is 0 Å². The molecular weight excluding hydrogens is 278 g/mol. The van der Waals surface area contributed by atoms with Crippen LogP contribution in [0.15, 0.2) is 36.7 Å². The van der Waals surface area contributed by atoms with E-state index in [1.54, 1.807) is 4.68 Å². The Balaban J connectivity index is 1.54. The van der Waals surface area contributed by atoms with Gasteiger partial charge in [0.1, 0.15) is 18.0 Å². The van der Waals surface area contributed by atoms with Gasteiger partial charge in [-0.15, -0.1) is 0 Å². The zero-order chi connectivity index (χ0) is 15.6. The largest absolute Gasteiger partial charge is 0.491 e. The molecule has 1 aromatic carbocycles. The van der Waals surface area contributed by atoms with Crippen molar-refractivity contribution in [1.29, 1.82) is 0 Å². The van der Waals surface area contributed by atoms with E-state index < -0.39 is 5.60 Å². The molecule has 5 heteroatoms. The second-order valence-electron chi connectivity index (χ2n) is 6.31. The van der Waals surface area contributed by atoms with Gasteiger partial charge >= 0.3 is 0 Å². The number of likely N-dealkylation sites (tertiary alicyclic amines) is 1. The van der Waals surface area contributed by atoms with Crippen LogP contribution in [-0.2, 0) is 13.6 Å². The number of hydrogen-bond donors (Lipinski definition) is 1. The number of aryl methyl sites for hydroxylation is 2. The number of nitrogens with zero attached hydrogens (tertiary/aromatic N) is 3. The fourth-order valence-electron chi connectivity index (χ4n) is 2.93. The van der Waals surface area contributed by atoms with Gasteiger partial charge in [0.05, 0.1) is 6.20 Å². The lowest BCUT2D eigenvalue weighted by Gasteiger charge is -2.23. The maximum atomic E-state index is 10.7. The lowest BCUT2D eigenvalue weighted by Crippen LogP contribution is -2.39. The number of aromatic nitrogens is 2. The molecule has 22 heavy (non-hydrogen) atoms. The molecule has 1 saturated heterocycles. The molecule has 0 radical (unpaired) electrons. The molecule has 0 aliphatic carbocycles. The fourth-order valence-corrected chi connectivity index (χ4v) is 2.93. The first kappa shape index (κ1) is 15.1. The van der Waals surface area contributed by atoms with Crippen LogP contribution in [0, 0.1) is 6.92 Å². The van der Waals surface area contributed by atoms with Crippen molar-refractivity contribution in [2.75, 3.05) is 19.7 Å². The maximum absolute atomic E-state index is 10.7. The first-order valence-electron chi connectivity index (χ1n) is 7.64. The van der Waals surface area contributed by atoms with Gasteiger partial charge in [-0.3, -0.25) is 9.58 Å². The molecule has 118 valence electrons. The lowest BCUT2D eigenvalue weighted by molar-refractivity contribution is 0.00336. The van der Waals surface area contributed by atoms with Crippen molar-refractivity contribution in [2.24, 2.45) is 7.05 Å². The molecule has 1 N–H and O–H groups in total. The third kappa shape index (κ3) is 3.67. The van der Waals surface area contributed by atoms with Crippen molar-refractivity contribution in [2.45, 2.75) is 25.5 Å². The highest BCUT2D eigenvalue weighted by Gasteiger charge is 2.36. The number of rotatable bonds is 5. The first-order chi connectivity index (χ1) is 10.5. The topological polar surface area (TPSA) is 50.5 Å². The van der Waals surface area contributed by atoms with Crippen LogP contribution in [0.1, 0.15) is 17.5 Å². The summed E-state index contributed by atoms with van der Waals surface area (Å²) in [7, 11) is 1.92. The average Bonchev–Trinajstić information content (AvgIpc) is 3.04. The summed E-state index contributed by atoms with van der Waals surface area (Å²) >= 11 is 0. The minimum Gasteiger partial charge on any atom is -0.491 e. The van der Waals surface area contributed by atoms with Crippen LogP contribution in [0.2, 0.25) is 0 Å². The molecule has 1 aliphatic heterocycles. The number of aliphatic hydroxyl groups is 1. The Morgan fingerprint density at radius 1 is 1.41 bits per heavy atom. The first-order valence-corrected chi connectivity index (χ1v) is 7.64. The van der Waals surface area contributed by atoms with Gasteiger partial charge in [-0.25, -0.2) is 0 Å². The smallest absolute Gasteiger partial charge is 0.119 e. The van der Waals surface area contributed by atoms with Crippen molar-refractivity contribution >= 4 is 0 Å². The van der Waals surface area contributed by atoms with E-state index in [1.165, 1.54) is 5.56 Å². The summed E-state index contributed by atoms with van der Waals surface area (Å²) in [5.74, 6) is 0.819. The second kappa shape index (κ2) is 6.10. The van der Waals surface area contributed by atoms with Crippen LogP contribution in [0.25, 0.3) is 0 Å². The Morgan fingerprint density at radius 3 is 3.00 bits per heavy atom. The molecule has 1 fully saturated rings. The normalized spacial score (nSPS) is 22.1. The van der Waals surface area contributed by atoms with Gasteiger partial charge in [-0.1, -0.05) is 12.1 Å². The van der Waals surface area contributed by atoms with E-state index in [0.29, 0.717) is 13.2 Å². The minimum atomic E-state index is -0.772. The molecule has 0 spiro atoms. The van der Waals surface area contributed by atoms with E-state index in [0.717, 1.165) is 30.8 Å². The summed E-state index contributed by atoms with van der Waals surface area (Å²) in [5, 5.41) is 14.9. The molecule has 3 rings (SSSR count). The summed E-state index contributed by atoms with van der Waals surface area (Å²) in [6.07, 6.45) is 4.63. The number of benzene rings is 1. The Morgan fingerprint density at radius 2 is 2.27 bits per heavy atom. The number of β-amino-alcohol motifs (C(OH)–C–C–N with tert-alkyl or cyclic N) is 1. The van der Waals surface area contributed by atoms with Crippen LogP contribution < -0.4 is 4.74 Å². The van der Waals surface area contributed by atoms with Gasteiger partial charge in [0.2, 0.25) is 0 Å². The van der Waals surface area contributed by atoms with Crippen LogP contribution in [0.4, 0.5) is 0 Å². The molecule has 1 aliphatic rings. The average molecular weight is 301 g/mol. The zero-order valence-electron chi connectivity index (χ0n) is 13.2. The molecule has 0 amide bonds. The highest BCUT2D eigenvalue weighted by Crippen LogP contribution is 2.24.